The molecule has 1 saturated heterocycles. The van der Waals surface area contributed by atoms with E-state index in [1.54, 1.807) is 0 Å². The second kappa shape index (κ2) is 11.2. The van der Waals surface area contributed by atoms with Crippen molar-refractivity contribution in [3.63, 3.8) is 0 Å². The SMILES string of the molecule is O=S(=O)([O-])C(F)(F)C(F)(F)C(F)(F)C(F)(F)F.c1ccc(C[N+]2(Cc3ccccc3)CCCCC2)cc1. The van der Waals surface area contributed by atoms with Crippen LogP contribution >= 0.6 is 0 Å². The summed E-state index contributed by atoms with van der Waals surface area (Å²) in [6.07, 6.45) is -3.01. The van der Waals surface area contributed by atoms with Gasteiger partial charge < -0.3 is 9.04 Å². The van der Waals surface area contributed by atoms with Crippen LogP contribution in [0.25, 0.3) is 0 Å². The predicted molar refractivity (Wildman–Crippen MR) is 115 cm³/mol. The van der Waals surface area contributed by atoms with Crippen LogP contribution in [-0.4, -0.2) is 53.8 Å². The van der Waals surface area contributed by atoms with Gasteiger partial charge in [0.05, 0.1) is 13.1 Å². The number of quaternary nitrogens is 1. The molecule has 1 heterocycles. The van der Waals surface area contributed by atoms with Crippen molar-refractivity contribution >= 4 is 10.1 Å². The molecule has 0 spiro atoms. The molecule has 208 valence electrons. The highest BCUT2D eigenvalue weighted by atomic mass is 32.2. The van der Waals surface area contributed by atoms with Gasteiger partial charge >= 0.3 is 23.3 Å². The summed E-state index contributed by atoms with van der Waals surface area (Å²) in [5, 5.41) is -7.11. The number of hydrogen-bond donors (Lipinski definition) is 0. The molecule has 0 amide bonds. The zero-order valence-corrected chi connectivity index (χ0v) is 20.0. The predicted octanol–water partition coefficient (Wildman–Crippen LogP) is 6.34. The Morgan fingerprint density at radius 3 is 1.35 bits per heavy atom. The molecule has 2 aromatic rings. The van der Waals surface area contributed by atoms with E-state index in [0.717, 1.165) is 0 Å². The van der Waals surface area contributed by atoms with E-state index in [0.29, 0.717) is 0 Å². The minimum atomic E-state index is -7.43. The fourth-order valence-electron chi connectivity index (χ4n) is 4.01. The molecule has 1 aliphatic heterocycles. The lowest BCUT2D eigenvalue weighted by atomic mass is 10.0. The highest BCUT2D eigenvalue weighted by Gasteiger charge is 2.83. The Labute approximate surface area is 208 Å². The van der Waals surface area contributed by atoms with E-state index in [1.165, 1.54) is 61.1 Å². The van der Waals surface area contributed by atoms with Crippen LogP contribution in [-0.2, 0) is 23.2 Å². The van der Waals surface area contributed by atoms with Crippen LogP contribution in [0, 0.1) is 0 Å². The van der Waals surface area contributed by atoms with E-state index in [1.807, 2.05) is 0 Å². The third-order valence-corrected chi connectivity index (χ3v) is 6.80. The number of nitrogens with zero attached hydrogens (tertiary/aromatic N) is 1. The number of likely N-dealkylation sites (tertiary alicyclic amines) is 1. The van der Waals surface area contributed by atoms with E-state index in [9.17, 15) is 52.5 Å². The Kier molecular flexibility index (Phi) is 9.35. The van der Waals surface area contributed by atoms with Gasteiger partial charge in [-0.05, 0) is 19.3 Å². The van der Waals surface area contributed by atoms with Crippen molar-refractivity contribution in [3.05, 3.63) is 71.8 Å². The topological polar surface area (TPSA) is 57.2 Å². The second-order valence-corrected chi connectivity index (χ2v) is 10.2. The van der Waals surface area contributed by atoms with E-state index >= 15 is 0 Å². The van der Waals surface area contributed by atoms with Crippen LogP contribution in [0.1, 0.15) is 30.4 Å². The number of alkyl halides is 9. The Bertz CT molecular complexity index is 1060. The van der Waals surface area contributed by atoms with Crippen LogP contribution < -0.4 is 0 Å². The first-order chi connectivity index (χ1) is 16.9. The highest BCUT2D eigenvalue weighted by molar-refractivity contribution is 7.86. The lowest BCUT2D eigenvalue weighted by molar-refractivity contribution is -0.957. The average molecular weight is 565 g/mol. The average Bonchev–Trinajstić information content (AvgIpc) is 2.79. The minimum absolute atomic E-state index is 1.18. The van der Waals surface area contributed by atoms with Gasteiger partial charge in [0.15, 0.2) is 10.1 Å². The van der Waals surface area contributed by atoms with Crippen molar-refractivity contribution in [1.82, 2.24) is 0 Å². The van der Waals surface area contributed by atoms with Gasteiger partial charge in [-0.15, -0.1) is 0 Å². The van der Waals surface area contributed by atoms with Gasteiger partial charge in [0.2, 0.25) is 0 Å². The molecule has 0 aromatic heterocycles. The number of halogens is 9. The first-order valence-electron chi connectivity index (χ1n) is 10.9. The Balaban J connectivity index is 0.000000265. The van der Waals surface area contributed by atoms with E-state index in [4.69, 9.17) is 0 Å². The molecular formula is C23H24F9NO3S. The fraction of sp³-hybridized carbons (Fsp3) is 0.478. The standard InChI is InChI=1S/C19H24N.C4HF9O3S/c1-4-10-18(11-5-1)16-20(14-8-3-9-15-20)17-19-12-6-2-7-13-19;5-1(6,3(9,10)11)2(7,8)4(12,13)17(14,15)16/h1-2,4-7,10-13H,3,8-9,14-17H2;(H,14,15,16)/q+1;/p-1. The van der Waals surface area contributed by atoms with E-state index in [-0.39, 0.29) is 0 Å². The largest absolute Gasteiger partial charge is 0.743 e. The first-order valence-corrected chi connectivity index (χ1v) is 12.4. The molecule has 3 rings (SSSR count). The van der Waals surface area contributed by atoms with E-state index in [2.05, 4.69) is 60.7 Å². The van der Waals surface area contributed by atoms with Gasteiger partial charge in [-0.2, -0.15) is 39.5 Å². The number of piperidine rings is 1. The van der Waals surface area contributed by atoms with Crippen molar-refractivity contribution in [1.29, 1.82) is 0 Å². The Morgan fingerprint density at radius 2 is 1.03 bits per heavy atom. The maximum Gasteiger partial charge on any atom is 0.460 e. The molecule has 0 N–H and O–H groups in total. The maximum atomic E-state index is 12.2. The van der Waals surface area contributed by atoms with Crippen molar-refractivity contribution < 1.29 is 57.0 Å². The van der Waals surface area contributed by atoms with E-state index < -0.39 is 33.4 Å². The smallest absolute Gasteiger partial charge is 0.460 e. The van der Waals surface area contributed by atoms with Gasteiger partial charge in [-0.1, -0.05) is 60.7 Å². The lowest BCUT2D eigenvalue weighted by Crippen LogP contribution is -2.63. The summed E-state index contributed by atoms with van der Waals surface area (Å²) in [6.45, 7) is 5.00. The number of benzene rings is 2. The second-order valence-electron chi connectivity index (χ2n) is 8.75. The number of hydrogen-bond acceptors (Lipinski definition) is 3. The van der Waals surface area contributed by atoms with Crippen LogP contribution in [0.3, 0.4) is 0 Å². The summed E-state index contributed by atoms with van der Waals surface area (Å²) < 4.78 is 137. The summed E-state index contributed by atoms with van der Waals surface area (Å²) in [5.41, 5.74) is 2.95. The zero-order valence-electron chi connectivity index (χ0n) is 19.2. The molecule has 37 heavy (non-hydrogen) atoms. The van der Waals surface area contributed by atoms with Gasteiger partial charge in [0, 0.05) is 11.1 Å². The fourth-order valence-corrected chi connectivity index (χ4v) is 4.46. The molecule has 0 saturated carbocycles. The molecule has 1 fully saturated rings. The molecule has 0 atom stereocenters. The normalized spacial score (nSPS) is 17.0. The van der Waals surface area contributed by atoms with Crippen molar-refractivity contribution in [3.8, 4) is 0 Å². The lowest BCUT2D eigenvalue weighted by Gasteiger charge is -2.42. The summed E-state index contributed by atoms with van der Waals surface area (Å²) in [7, 11) is -7.42. The van der Waals surface area contributed by atoms with Crippen LogP contribution in [0.5, 0.6) is 0 Å². The summed E-state index contributed by atoms with van der Waals surface area (Å²) >= 11 is 0. The zero-order chi connectivity index (χ0) is 28.2. The monoisotopic (exact) mass is 565 g/mol. The first kappa shape index (κ1) is 30.9. The number of rotatable bonds is 7. The van der Waals surface area contributed by atoms with Crippen LogP contribution in [0.15, 0.2) is 60.7 Å². The summed E-state index contributed by atoms with van der Waals surface area (Å²) in [4.78, 5) is 0. The maximum absolute atomic E-state index is 12.2. The molecule has 1 aliphatic rings. The molecule has 0 bridgehead atoms. The van der Waals surface area contributed by atoms with Crippen molar-refractivity contribution in [2.75, 3.05) is 13.1 Å². The van der Waals surface area contributed by atoms with Crippen LogP contribution in [0.4, 0.5) is 39.5 Å². The molecule has 4 nitrogen and oxygen atoms in total. The quantitative estimate of drug-likeness (QED) is 0.224. The van der Waals surface area contributed by atoms with Crippen molar-refractivity contribution in [2.45, 2.75) is 55.6 Å². The third-order valence-electron chi connectivity index (χ3n) is 5.92. The molecule has 2 aromatic carbocycles. The molecular weight excluding hydrogens is 541 g/mol. The third kappa shape index (κ3) is 6.96. The molecule has 14 heteroatoms. The Hall–Kier alpha value is -2.32. The van der Waals surface area contributed by atoms with Crippen molar-refractivity contribution in [2.24, 2.45) is 0 Å². The summed E-state index contributed by atoms with van der Waals surface area (Å²) in [6, 6.07) is 22.0. The molecule has 0 radical (unpaired) electrons. The summed E-state index contributed by atoms with van der Waals surface area (Å²) in [5.74, 6) is -14.8. The van der Waals surface area contributed by atoms with Gasteiger partial charge in [0.1, 0.15) is 13.1 Å². The Morgan fingerprint density at radius 1 is 0.649 bits per heavy atom. The van der Waals surface area contributed by atoms with Gasteiger partial charge in [-0.25, -0.2) is 8.42 Å². The molecule has 0 unspecified atom stereocenters. The van der Waals surface area contributed by atoms with Gasteiger partial charge in [0.25, 0.3) is 0 Å². The highest BCUT2D eigenvalue weighted by Crippen LogP contribution is 2.54. The molecule has 0 aliphatic carbocycles. The van der Waals surface area contributed by atoms with Gasteiger partial charge in [-0.3, -0.25) is 0 Å². The van der Waals surface area contributed by atoms with Crippen LogP contribution in [0.2, 0.25) is 0 Å². The minimum Gasteiger partial charge on any atom is -0.743 e.